The number of carbonyl (C=O) groups excluding carboxylic acids is 1. The van der Waals surface area contributed by atoms with Crippen molar-refractivity contribution in [2.24, 2.45) is 5.41 Å². The molecule has 146 valence electrons. The summed E-state index contributed by atoms with van der Waals surface area (Å²) in [6.07, 6.45) is 5.42. The van der Waals surface area contributed by atoms with Crippen molar-refractivity contribution in [3.8, 4) is 0 Å². The lowest BCUT2D eigenvalue weighted by molar-refractivity contribution is -0.130. The van der Waals surface area contributed by atoms with Gasteiger partial charge >= 0.3 is 0 Å². The standard InChI is InChI=1S/C21H30N4O2/c1-16(2)19-23-11-12-25(19)14-17-5-4-6-18(13-17)24-20(26)21(15-27-3)7-9-22-10-8-21/h4-6,11-13,16,22H,7-10,14-15H2,1-3H3,(H,24,26). The smallest absolute Gasteiger partial charge is 0.233 e. The van der Waals surface area contributed by atoms with Crippen molar-refractivity contribution >= 4 is 11.6 Å². The zero-order valence-electron chi connectivity index (χ0n) is 16.5. The molecule has 1 aromatic heterocycles. The Hall–Kier alpha value is -2.18. The van der Waals surface area contributed by atoms with E-state index in [1.165, 1.54) is 0 Å². The third-order valence-corrected chi connectivity index (χ3v) is 5.26. The van der Waals surface area contributed by atoms with E-state index < -0.39 is 5.41 Å². The van der Waals surface area contributed by atoms with Gasteiger partial charge in [-0.25, -0.2) is 4.98 Å². The second-order valence-corrected chi connectivity index (χ2v) is 7.69. The van der Waals surface area contributed by atoms with Gasteiger partial charge < -0.3 is 19.9 Å². The first-order valence-electron chi connectivity index (χ1n) is 9.65. The Morgan fingerprint density at radius 2 is 2.15 bits per heavy atom. The van der Waals surface area contributed by atoms with Crippen molar-refractivity contribution in [2.75, 3.05) is 32.1 Å². The number of amides is 1. The van der Waals surface area contributed by atoms with Crippen LogP contribution in [0.1, 0.15) is 44.0 Å². The predicted molar refractivity (Wildman–Crippen MR) is 107 cm³/mol. The number of ether oxygens (including phenoxy) is 1. The summed E-state index contributed by atoms with van der Waals surface area (Å²) in [5, 5.41) is 6.44. The number of hydrogen-bond acceptors (Lipinski definition) is 4. The zero-order chi connectivity index (χ0) is 19.3. The fourth-order valence-corrected chi connectivity index (χ4v) is 3.78. The summed E-state index contributed by atoms with van der Waals surface area (Å²) >= 11 is 0. The first kappa shape index (κ1) is 19.6. The summed E-state index contributed by atoms with van der Waals surface area (Å²) in [5.41, 5.74) is 1.52. The quantitative estimate of drug-likeness (QED) is 0.786. The molecule has 1 aromatic carbocycles. The van der Waals surface area contributed by atoms with Gasteiger partial charge in [-0.2, -0.15) is 0 Å². The Balaban J connectivity index is 1.73. The first-order chi connectivity index (χ1) is 13.0. The lowest BCUT2D eigenvalue weighted by Gasteiger charge is -2.35. The summed E-state index contributed by atoms with van der Waals surface area (Å²) in [4.78, 5) is 17.5. The van der Waals surface area contributed by atoms with Crippen LogP contribution in [0.25, 0.3) is 0 Å². The average Bonchev–Trinajstić information content (AvgIpc) is 3.11. The minimum atomic E-state index is -0.453. The highest BCUT2D eigenvalue weighted by Gasteiger charge is 2.39. The monoisotopic (exact) mass is 370 g/mol. The van der Waals surface area contributed by atoms with Gasteiger partial charge in [0.1, 0.15) is 5.82 Å². The van der Waals surface area contributed by atoms with Crippen LogP contribution in [0.4, 0.5) is 5.69 Å². The van der Waals surface area contributed by atoms with Gasteiger partial charge in [0.2, 0.25) is 5.91 Å². The third kappa shape index (κ3) is 4.57. The van der Waals surface area contributed by atoms with Gasteiger partial charge in [-0.1, -0.05) is 26.0 Å². The van der Waals surface area contributed by atoms with Gasteiger partial charge in [0.15, 0.2) is 0 Å². The Kier molecular flexibility index (Phi) is 6.29. The predicted octanol–water partition coefficient (Wildman–Crippen LogP) is 3.01. The molecule has 2 N–H and O–H groups in total. The summed E-state index contributed by atoms with van der Waals surface area (Å²) in [6.45, 7) is 7.16. The van der Waals surface area contributed by atoms with Gasteiger partial charge in [0, 0.05) is 37.7 Å². The molecule has 1 amide bonds. The van der Waals surface area contributed by atoms with Crippen molar-refractivity contribution in [2.45, 2.75) is 39.2 Å². The molecule has 0 radical (unpaired) electrons. The Bertz CT molecular complexity index is 758. The molecule has 1 aliphatic heterocycles. The summed E-state index contributed by atoms with van der Waals surface area (Å²) in [7, 11) is 1.66. The minimum Gasteiger partial charge on any atom is -0.384 e. The molecule has 0 bridgehead atoms. The molecule has 1 fully saturated rings. The second kappa shape index (κ2) is 8.67. The molecule has 1 saturated heterocycles. The van der Waals surface area contributed by atoms with Crippen molar-refractivity contribution in [3.05, 3.63) is 48.0 Å². The molecule has 6 nitrogen and oxygen atoms in total. The highest BCUT2D eigenvalue weighted by atomic mass is 16.5. The van der Waals surface area contributed by atoms with E-state index in [1.807, 2.05) is 30.6 Å². The third-order valence-electron chi connectivity index (χ3n) is 5.26. The van der Waals surface area contributed by atoms with E-state index in [9.17, 15) is 4.79 Å². The molecule has 3 rings (SSSR count). The molecule has 0 aliphatic carbocycles. The Morgan fingerprint density at radius 3 is 2.85 bits per heavy atom. The maximum Gasteiger partial charge on any atom is 0.233 e. The summed E-state index contributed by atoms with van der Waals surface area (Å²) in [5.74, 6) is 1.49. The van der Waals surface area contributed by atoms with Gasteiger partial charge in [-0.05, 0) is 43.6 Å². The van der Waals surface area contributed by atoms with Crippen LogP contribution in [0, 0.1) is 5.41 Å². The molecule has 0 spiro atoms. The van der Waals surface area contributed by atoms with Gasteiger partial charge in [0.25, 0.3) is 0 Å². The number of methoxy groups -OCH3 is 1. The summed E-state index contributed by atoms with van der Waals surface area (Å²) < 4.78 is 7.53. The molecule has 6 heteroatoms. The van der Waals surface area contributed by atoms with E-state index in [1.54, 1.807) is 7.11 Å². The lowest BCUT2D eigenvalue weighted by atomic mass is 9.78. The first-order valence-corrected chi connectivity index (χ1v) is 9.65. The Morgan fingerprint density at radius 1 is 1.37 bits per heavy atom. The fraction of sp³-hybridized carbons (Fsp3) is 0.524. The largest absolute Gasteiger partial charge is 0.384 e. The SMILES string of the molecule is COCC1(C(=O)Nc2cccc(Cn3ccnc3C(C)C)c2)CCNCC1. The van der Waals surface area contributed by atoms with Crippen LogP contribution in [0.3, 0.4) is 0 Å². The average molecular weight is 370 g/mol. The van der Waals surface area contributed by atoms with Crippen LogP contribution in [0.15, 0.2) is 36.7 Å². The normalized spacial score (nSPS) is 16.4. The van der Waals surface area contributed by atoms with Crippen LogP contribution in [-0.4, -0.2) is 42.3 Å². The number of aromatic nitrogens is 2. The van der Waals surface area contributed by atoms with Crippen LogP contribution in [0.5, 0.6) is 0 Å². The molecule has 27 heavy (non-hydrogen) atoms. The number of hydrogen-bond donors (Lipinski definition) is 2. The van der Waals surface area contributed by atoms with Gasteiger partial charge in [-0.15, -0.1) is 0 Å². The highest BCUT2D eigenvalue weighted by molar-refractivity contribution is 5.95. The van der Waals surface area contributed by atoms with Crippen LogP contribution < -0.4 is 10.6 Å². The van der Waals surface area contributed by atoms with Crippen molar-refractivity contribution in [1.29, 1.82) is 0 Å². The van der Waals surface area contributed by atoms with E-state index >= 15 is 0 Å². The van der Waals surface area contributed by atoms with Crippen LogP contribution >= 0.6 is 0 Å². The van der Waals surface area contributed by atoms with E-state index in [2.05, 4.69) is 40.1 Å². The number of carbonyl (C=O) groups is 1. The number of nitrogens with one attached hydrogen (secondary N) is 2. The Labute approximate surface area is 161 Å². The maximum atomic E-state index is 13.0. The van der Waals surface area contributed by atoms with Crippen molar-refractivity contribution in [3.63, 3.8) is 0 Å². The van der Waals surface area contributed by atoms with Gasteiger partial charge in [0.05, 0.1) is 12.0 Å². The molecule has 2 heterocycles. The van der Waals surface area contributed by atoms with Crippen molar-refractivity contribution in [1.82, 2.24) is 14.9 Å². The minimum absolute atomic E-state index is 0.0495. The number of benzene rings is 1. The number of nitrogens with zero attached hydrogens (tertiary/aromatic N) is 2. The number of rotatable bonds is 7. The topological polar surface area (TPSA) is 68.2 Å². The molecule has 0 atom stereocenters. The van der Waals surface area contributed by atoms with Crippen molar-refractivity contribution < 1.29 is 9.53 Å². The molecular weight excluding hydrogens is 340 g/mol. The van der Waals surface area contributed by atoms with E-state index in [4.69, 9.17) is 4.74 Å². The van der Waals surface area contributed by atoms with E-state index in [0.29, 0.717) is 12.5 Å². The number of piperidine rings is 1. The molecule has 1 aliphatic rings. The van der Waals surface area contributed by atoms with Crippen LogP contribution in [-0.2, 0) is 16.1 Å². The maximum absolute atomic E-state index is 13.0. The molecule has 2 aromatic rings. The van der Waals surface area contributed by atoms with Crippen LogP contribution in [0.2, 0.25) is 0 Å². The lowest BCUT2D eigenvalue weighted by Crippen LogP contribution is -2.47. The molecule has 0 saturated carbocycles. The second-order valence-electron chi connectivity index (χ2n) is 7.69. The molecular formula is C21H30N4O2. The van der Waals surface area contributed by atoms with E-state index in [-0.39, 0.29) is 5.91 Å². The fourth-order valence-electron chi connectivity index (χ4n) is 3.78. The highest BCUT2D eigenvalue weighted by Crippen LogP contribution is 2.31. The number of imidazole rings is 1. The molecule has 0 unspecified atom stereocenters. The zero-order valence-corrected chi connectivity index (χ0v) is 16.5. The van der Waals surface area contributed by atoms with Gasteiger partial charge in [-0.3, -0.25) is 4.79 Å². The summed E-state index contributed by atoms with van der Waals surface area (Å²) in [6, 6.07) is 8.06. The number of anilines is 1. The van der Waals surface area contributed by atoms with E-state index in [0.717, 1.165) is 49.6 Å².